The lowest BCUT2D eigenvalue weighted by Crippen LogP contribution is -2.06. The van der Waals surface area contributed by atoms with Crippen molar-refractivity contribution in [1.82, 2.24) is 4.57 Å². The van der Waals surface area contributed by atoms with E-state index in [9.17, 15) is 4.79 Å². The molecule has 0 aliphatic rings. The topological polar surface area (TPSA) is 31.2 Å². The minimum absolute atomic E-state index is 0.280. The molecule has 0 fully saturated rings. The highest BCUT2D eigenvalue weighted by molar-refractivity contribution is 5.86. The highest BCUT2D eigenvalue weighted by atomic mass is 16.5. The largest absolute Gasteiger partial charge is 0.462 e. The zero-order chi connectivity index (χ0) is 12.5. The maximum absolute atomic E-state index is 11.1. The van der Waals surface area contributed by atoms with Crippen molar-refractivity contribution in [2.45, 2.75) is 39.2 Å². The van der Waals surface area contributed by atoms with Crippen LogP contribution in [-0.4, -0.2) is 17.1 Å². The van der Waals surface area contributed by atoms with Gasteiger partial charge >= 0.3 is 5.97 Å². The quantitative estimate of drug-likeness (QED) is 0.394. The predicted octanol–water partition coefficient (Wildman–Crippen LogP) is 3.17. The molecule has 1 aromatic heterocycles. The summed E-state index contributed by atoms with van der Waals surface area (Å²) in [6.07, 6.45) is 8.53. The first kappa shape index (κ1) is 13.6. The molecule has 0 saturated heterocycles. The Morgan fingerprint density at radius 2 is 1.82 bits per heavy atom. The third kappa shape index (κ3) is 5.95. The zero-order valence-corrected chi connectivity index (χ0v) is 10.5. The van der Waals surface area contributed by atoms with Gasteiger partial charge in [-0.3, -0.25) is 0 Å². The Labute approximate surface area is 103 Å². The molecule has 0 unspecified atom stereocenters. The van der Waals surface area contributed by atoms with Gasteiger partial charge in [-0.05, 0) is 38.3 Å². The summed E-state index contributed by atoms with van der Waals surface area (Å²) in [6.45, 7) is 6.78. The van der Waals surface area contributed by atoms with Crippen molar-refractivity contribution in [2.24, 2.45) is 0 Å². The molecule has 3 heteroatoms. The van der Waals surface area contributed by atoms with Gasteiger partial charge in [0.2, 0.25) is 0 Å². The molecule has 1 aromatic rings. The molecule has 0 aliphatic heterocycles. The van der Waals surface area contributed by atoms with E-state index in [1.54, 1.807) is 6.92 Å². The molecule has 0 aliphatic carbocycles. The van der Waals surface area contributed by atoms with Gasteiger partial charge in [-0.1, -0.05) is 13.0 Å². The number of aromatic nitrogens is 1. The molecule has 3 nitrogen and oxygen atoms in total. The highest BCUT2D eigenvalue weighted by Gasteiger charge is 2.01. The van der Waals surface area contributed by atoms with Gasteiger partial charge in [0.25, 0.3) is 0 Å². The maximum Gasteiger partial charge on any atom is 0.333 e. The van der Waals surface area contributed by atoms with Gasteiger partial charge in [0.05, 0.1) is 6.61 Å². The molecule has 94 valence electrons. The Balaban J connectivity index is 1.91. The lowest BCUT2D eigenvalue weighted by atomic mass is 10.2. The van der Waals surface area contributed by atoms with Crippen molar-refractivity contribution in [3.63, 3.8) is 0 Å². The lowest BCUT2D eigenvalue weighted by Gasteiger charge is -2.05. The van der Waals surface area contributed by atoms with Crippen LogP contribution in [0.15, 0.2) is 36.7 Å². The standard InChI is InChI=1S/C14H21NO2/c1-13(2)14(16)17-12-8-4-3-5-9-15-10-6-7-11-15/h6-7,10-11H,1,3-5,8-9,12H2,2H3. The second-order valence-electron chi connectivity index (χ2n) is 4.25. The van der Waals surface area contributed by atoms with Crippen LogP contribution in [0.3, 0.4) is 0 Å². The normalized spacial score (nSPS) is 10.2. The van der Waals surface area contributed by atoms with Crippen LogP contribution in [-0.2, 0) is 16.1 Å². The fourth-order valence-corrected chi connectivity index (χ4v) is 1.56. The maximum atomic E-state index is 11.1. The van der Waals surface area contributed by atoms with E-state index in [4.69, 9.17) is 4.74 Å². The first-order valence-electron chi connectivity index (χ1n) is 6.13. The van der Waals surface area contributed by atoms with Crippen molar-refractivity contribution in [1.29, 1.82) is 0 Å². The van der Waals surface area contributed by atoms with E-state index < -0.39 is 0 Å². The summed E-state index contributed by atoms with van der Waals surface area (Å²) in [5.41, 5.74) is 0.470. The SMILES string of the molecule is C=C(C)C(=O)OCCCCCCn1cccc1. The number of carbonyl (C=O) groups is 1. The zero-order valence-electron chi connectivity index (χ0n) is 10.5. The van der Waals surface area contributed by atoms with Crippen LogP contribution in [0.2, 0.25) is 0 Å². The first-order chi connectivity index (χ1) is 8.20. The van der Waals surface area contributed by atoms with E-state index >= 15 is 0 Å². The average Bonchev–Trinajstić information content (AvgIpc) is 2.80. The van der Waals surface area contributed by atoms with Crippen LogP contribution >= 0.6 is 0 Å². The summed E-state index contributed by atoms with van der Waals surface area (Å²) in [4.78, 5) is 11.1. The summed E-state index contributed by atoms with van der Waals surface area (Å²) < 4.78 is 7.19. The van der Waals surface area contributed by atoms with Crippen LogP contribution in [0, 0.1) is 0 Å². The second-order valence-corrected chi connectivity index (χ2v) is 4.25. The molecular weight excluding hydrogens is 214 g/mol. The Morgan fingerprint density at radius 3 is 2.47 bits per heavy atom. The summed E-state index contributed by atoms with van der Waals surface area (Å²) in [5.74, 6) is -0.280. The van der Waals surface area contributed by atoms with E-state index in [1.165, 1.54) is 12.8 Å². The molecule has 1 heterocycles. The molecule has 0 saturated carbocycles. The predicted molar refractivity (Wildman–Crippen MR) is 68.7 cm³/mol. The van der Waals surface area contributed by atoms with Crippen LogP contribution in [0.4, 0.5) is 0 Å². The van der Waals surface area contributed by atoms with Crippen molar-refractivity contribution in [2.75, 3.05) is 6.61 Å². The minimum atomic E-state index is -0.280. The highest BCUT2D eigenvalue weighted by Crippen LogP contribution is 2.04. The van der Waals surface area contributed by atoms with E-state index in [0.29, 0.717) is 12.2 Å². The molecule has 0 bridgehead atoms. The van der Waals surface area contributed by atoms with Crippen LogP contribution in [0.25, 0.3) is 0 Å². The van der Waals surface area contributed by atoms with Crippen molar-refractivity contribution in [3.8, 4) is 0 Å². The van der Waals surface area contributed by atoms with E-state index in [-0.39, 0.29) is 5.97 Å². The fraction of sp³-hybridized carbons (Fsp3) is 0.500. The summed E-state index contributed by atoms with van der Waals surface area (Å²) >= 11 is 0. The molecule has 0 amide bonds. The van der Waals surface area contributed by atoms with Crippen molar-refractivity contribution in [3.05, 3.63) is 36.7 Å². The molecule has 0 N–H and O–H groups in total. The number of rotatable bonds is 8. The van der Waals surface area contributed by atoms with Crippen molar-refractivity contribution >= 4 is 5.97 Å². The number of aryl methyl sites for hydroxylation is 1. The Hall–Kier alpha value is -1.51. The number of hydrogen-bond donors (Lipinski definition) is 0. The molecule has 0 atom stereocenters. The third-order valence-electron chi connectivity index (χ3n) is 2.56. The van der Waals surface area contributed by atoms with Crippen molar-refractivity contribution < 1.29 is 9.53 Å². The fourth-order valence-electron chi connectivity index (χ4n) is 1.56. The Bertz CT molecular complexity index is 341. The van der Waals surface area contributed by atoms with Crippen LogP contribution in [0.5, 0.6) is 0 Å². The van der Waals surface area contributed by atoms with E-state index in [2.05, 4.69) is 23.5 Å². The molecular formula is C14H21NO2. The van der Waals surface area contributed by atoms with Gasteiger partial charge in [0.1, 0.15) is 0 Å². The number of ether oxygens (including phenoxy) is 1. The molecule has 0 spiro atoms. The summed E-state index contributed by atoms with van der Waals surface area (Å²) in [5, 5.41) is 0. The number of unbranched alkanes of at least 4 members (excludes halogenated alkanes) is 3. The van der Waals surface area contributed by atoms with Crippen LogP contribution in [0.1, 0.15) is 32.6 Å². The third-order valence-corrected chi connectivity index (χ3v) is 2.56. The number of hydrogen-bond acceptors (Lipinski definition) is 2. The van der Waals surface area contributed by atoms with Gasteiger partial charge in [0.15, 0.2) is 0 Å². The van der Waals surface area contributed by atoms with Gasteiger partial charge in [-0.15, -0.1) is 0 Å². The number of nitrogens with zero attached hydrogens (tertiary/aromatic N) is 1. The Kier molecular flexibility index (Phi) is 6.15. The monoisotopic (exact) mass is 235 g/mol. The number of esters is 1. The molecule has 0 radical (unpaired) electrons. The van der Waals surface area contributed by atoms with Gasteiger partial charge < -0.3 is 9.30 Å². The first-order valence-corrected chi connectivity index (χ1v) is 6.13. The summed E-state index contributed by atoms with van der Waals surface area (Å²) in [7, 11) is 0. The number of carbonyl (C=O) groups excluding carboxylic acids is 1. The summed E-state index contributed by atoms with van der Waals surface area (Å²) in [6, 6.07) is 4.08. The molecule has 1 rings (SSSR count). The smallest absolute Gasteiger partial charge is 0.333 e. The minimum Gasteiger partial charge on any atom is -0.462 e. The molecule has 17 heavy (non-hydrogen) atoms. The Morgan fingerprint density at radius 1 is 1.18 bits per heavy atom. The lowest BCUT2D eigenvalue weighted by molar-refractivity contribution is -0.139. The van der Waals surface area contributed by atoms with Gasteiger partial charge in [-0.2, -0.15) is 0 Å². The molecule has 0 aromatic carbocycles. The average molecular weight is 235 g/mol. The van der Waals surface area contributed by atoms with Crippen LogP contribution < -0.4 is 0 Å². The second kappa shape index (κ2) is 7.71. The van der Waals surface area contributed by atoms with E-state index in [0.717, 1.165) is 19.4 Å². The van der Waals surface area contributed by atoms with E-state index in [1.807, 2.05) is 12.1 Å². The van der Waals surface area contributed by atoms with Gasteiger partial charge in [0, 0.05) is 24.5 Å². The van der Waals surface area contributed by atoms with Gasteiger partial charge in [-0.25, -0.2) is 4.79 Å².